The first-order chi connectivity index (χ1) is 7.36. The highest BCUT2D eigenvalue weighted by atomic mass is 16.3. The van der Waals surface area contributed by atoms with Crippen LogP contribution >= 0.6 is 0 Å². The van der Waals surface area contributed by atoms with Crippen LogP contribution in [-0.2, 0) is 0 Å². The number of aromatic nitrogens is 1. The average Bonchev–Trinajstić information content (AvgIpc) is 2.30. The molecule has 0 amide bonds. The summed E-state index contributed by atoms with van der Waals surface area (Å²) < 4.78 is 0. The molecule has 1 aromatic heterocycles. The minimum atomic E-state index is 0.323. The van der Waals surface area contributed by atoms with Crippen LogP contribution in [0, 0.1) is 0 Å². The SMILES string of the molecule is Oc1cc2ccncc2c2ccccc12. The summed E-state index contributed by atoms with van der Waals surface area (Å²) in [6, 6.07) is 11.5. The van der Waals surface area contributed by atoms with Crippen LogP contribution in [0.4, 0.5) is 0 Å². The van der Waals surface area contributed by atoms with E-state index in [1.807, 2.05) is 36.5 Å². The monoisotopic (exact) mass is 195 g/mol. The number of fused-ring (bicyclic) bond motifs is 3. The molecule has 0 radical (unpaired) electrons. The quantitative estimate of drug-likeness (QED) is 0.559. The van der Waals surface area contributed by atoms with Crippen LogP contribution in [0.5, 0.6) is 5.75 Å². The smallest absolute Gasteiger partial charge is 0.124 e. The Morgan fingerprint density at radius 1 is 0.933 bits per heavy atom. The van der Waals surface area contributed by atoms with Crippen molar-refractivity contribution in [1.29, 1.82) is 0 Å². The molecule has 0 saturated carbocycles. The van der Waals surface area contributed by atoms with E-state index in [-0.39, 0.29) is 0 Å². The maximum Gasteiger partial charge on any atom is 0.124 e. The number of benzene rings is 2. The van der Waals surface area contributed by atoms with Gasteiger partial charge in [0.15, 0.2) is 0 Å². The zero-order valence-electron chi connectivity index (χ0n) is 8.01. The van der Waals surface area contributed by atoms with Gasteiger partial charge in [0.2, 0.25) is 0 Å². The average molecular weight is 195 g/mol. The van der Waals surface area contributed by atoms with Crippen LogP contribution in [0.1, 0.15) is 0 Å². The number of hydrogen-bond donors (Lipinski definition) is 1. The number of phenols is 1. The molecule has 1 heterocycles. The molecule has 0 aliphatic rings. The fourth-order valence-corrected chi connectivity index (χ4v) is 1.92. The summed E-state index contributed by atoms with van der Waals surface area (Å²) in [6.07, 6.45) is 3.56. The Kier molecular flexibility index (Phi) is 1.62. The normalized spacial score (nSPS) is 10.9. The van der Waals surface area contributed by atoms with Gasteiger partial charge in [0.25, 0.3) is 0 Å². The molecular weight excluding hydrogens is 186 g/mol. The Hall–Kier alpha value is -2.09. The van der Waals surface area contributed by atoms with Crippen molar-refractivity contribution >= 4 is 21.5 Å². The molecule has 1 N–H and O–H groups in total. The molecule has 0 saturated heterocycles. The van der Waals surface area contributed by atoms with E-state index in [0.29, 0.717) is 5.75 Å². The Labute approximate surface area is 86.8 Å². The third-order valence-electron chi connectivity index (χ3n) is 2.64. The second-order valence-corrected chi connectivity index (χ2v) is 3.54. The van der Waals surface area contributed by atoms with E-state index < -0.39 is 0 Å². The topological polar surface area (TPSA) is 33.1 Å². The fourth-order valence-electron chi connectivity index (χ4n) is 1.92. The van der Waals surface area contributed by atoms with Crippen molar-refractivity contribution in [3.05, 3.63) is 48.8 Å². The lowest BCUT2D eigenvalue weighted by Gasteiger charge is -2.04. The molecule has 0 aliphatic carbocycles. The first-order valence-corrected chi connectivity index (χ1v) is 4.81. The molecule has 15 heavy (non-hydrogen) atoms. The molecule has 0 atom stereocenters. The summed E-state index contributed by atoms with van der Waals surface area (Å²) in [6.45, 7) is 0. The molecular formula is C13H9NO. The Bertz CT molecular complexity index is 646. The zero-order valence-corrected chi connectivity index (χ0v) is 8.01. The molecule has 0 unspecified atom stereocenters. The van der Waals surface area contributed by atoms with E-state index in [0.717, 1.165) is 21.5 Å². The van der Waals surface area contributed by atoms with Crippen LogP contribution in [0.15, 0.2) is 48.8 Å². The molecule has 0 fully saturated rings. The van der Waals surface area contributed by atoms with Gasteiger partial charge in [0.1, 0.15) is 5.75 Å². The highest BCUT2D eigenvalue weighted by Gasteiger charge is 2.04. The number of aromatic hydroxyl groups is 1. The maximum atomic E-state index is 9.85. The fraction of sp³-hybridized carbons (Fsp3) is 0. The highest BCUT2D eigenvalue weighted by Crippen LogP contribution is 2.31. The summed E-state index contributed by atoms with van der Waals surface area (Å²) in [7, 11) is 0. The lowest BCUT2D eigenvalue weighted by atomic mass is 10.0. The van der Waals surface area contributed by atoms with Gasteiger partial charge < -0.3 is 5.11 Å². The lowest BCUT2D eigenvalue weighted by Crippen LogP contribution is -1.79. The van der Waals surface area contributed by atoms with E-state index >= 15 is 0 Å². The summed E-state index contributed by atoms with van der Waals surface area (Å²) >= 11 is 0. The number of nitrogens with zero attached hydrogens (tertiary/aromatic N) is 1. The van der Waals surface area contributed by atoms with Crippen molar-refractivity contribution in [2.45, 2.75) is 0 Å². The van der Waals surface area contributed by atoms with Gasteiger partial charge in [-0.3, -0.25) is 4.98 Å². The van der Waals surface area contributed by atoms with E-state index in [4.69, 9.17) is 0 Å². The van der Waals surface area contributed by atoms with Crippen LogP contribution < -0.4 is 0 Å². The Balaban J connectivity index is 2.64. The van der Waals surface area contributed by atoms with E-state index in [2.05, 4.69) is 4.98 Å². The van der Waals surface area contributed by atoms with Crippen molar-refractivity contribution < 1.29 is 5.11 Å². The summed E-state index contributed by atoms with van der Waals surface area (Å²) in [5, 5.41) is 13.9. The van der Waals surface area contributed by atoms with Crippen molar-refractivity contribution in [3.8, 4) is 5.75 Å². The van der Waals surface area contributed by atoms with E-state index in [1.165, 1.54) is 0 Å². The first kappa shape index (κ1) is 8.24. The third kappa shape index (κ3) is 1.15. The summed E-state index contributed by atoms with van der Waals surface area (Å²) in [5.41, 5.74) is 0. The Morgan fingerprint density at radius 3 is 2.60 bits per heavy atom. The summed E-state index contributed by atoms with van der Waals surface area (Å²) in [5.74, 6) is 0.323. The predicted molar refractivity (Wildman–Crippen MR) is 60.9 cm³/mol. The van der Waals surface area contributed by atoms with E-state index in [9.17, 15) is 5.11 Å². The predicted octanol–water partition coefficient (Wildman–Crippen LogP) is 3.09. The van der Waals surface area contributed by atoms with Gasteiger partial charge in [-0.05, 0) is 22.9 Å². The number of phenolic OH excluding ortho intramolecular Hbond substituents is 1. The van der Waals surface area contributed by atoms with Crippen molar-refractivity contribution in [3.63, 3.8) is 0 Å². The second kappa shape index (κ2) is 2.95. The Morgan fingerprint density at radius 2 is 1.73 bits per heavy atom. The standard InChI is InChI=1S/C13H9NO/c15-13-7-9-5-6-14-8-12(9)10-3-1-2-4-11(10)13/h1-8,15H. The zero-order chi connectivity index (χ0) is 10.3. The van der Waals surface area contributed by atoms with Crippen molar-refractivity contribution in [2.24, 2.45) is 0 Å². The molecule has 72 valence electrons. The molecule has 2 heteroatoms. The molecule has 0 aliphatic heterocycles. The summed E-state index contributed by atoms with van der Waals surface area (Å²) in [4.78, 5) is 4.11. The van der Waals surface area contributed by atoms with E-state index in [1.54, 1.807) is 12.3 Å². The minimum absolute atomic E-state index is 0.323. The van der Waals surface area contributed by atoms with Gasteiger partial charge in [-0.2, -0.15) is 0 Å². The van der Waals surface area contributed by atoms with Gasteiger partial charge in [-0.15, -0.1) is 0 Å². The van der Waals surface area contributed by atoms with Crippen molar-refractivity contribution in [2.75, 3.05) is 0 Å². The first-order valence-electron chi connectivity index (χ1n) is 4.81. The number of hydrogen-bond acceptors (Lipinski definition) is 2. The van der Waals surface area contributed by atoms with Gasteiger partial charge in [0, 0.05) is 23.2 Å². The van der Waals surface area contributed by atoms with Crippen LogP contribution in [-0.4, -0.2) is 10.1 Å². The van der Waals surface area contributed by atoms with Gasteiger partial charge in [0.05, 0.1) is 0 Å². The molecule has 0 bridgehead atoms. The van der Waals surface area contributed by atoms with Crippen molar-refractivity contribution in [1.82, 2.24) is 4.98 Å². The minimum Gasteiger partial charge on any atom is -0.507 e. The molecule has 0 spiro atoms. The molecule has 2 aromatic carbocycles. The maximum absolute atomic E-state index is 9.85. The molecule has 3 rings (SSSR count). The van der Waals surface area contributed by atoms with Crippen LogP contribution in [0.3, 0.4) is 0 Å². The van der Waals surface area contributed by atoms with Gasteiger partial charge in [-0.25, -0.2) is 0 Å². The number of pyridine rings is 1. The molecule has 2 nitrogen and oxygen atoms in total. The van der Waals surface area contributed by atoms with Gasteiger partial charge in [-0.1, -0.05) is 24.3 Å². The third-order valence-corrected chi connectivity index (χ3v) is 2.64. The molecule has 3 aromatic rings. The van der Waals surface area contributed by atoms with Crippen LogP contribution in [0.2, 0.25) is 0 Å². The second-order valence-electron chi connectivity index (χ2n) is 3.54. The van der Waals surface area contributed by atoms with Gasteiger partial charge >= 0.3 is 0 Å². The number of rotatable bonds is 0. The largest absolute Gasteiger partial charge is 0.507 e. The lowest BCUT2D eigenvalue weighted by molar-refractivity contribution is 0.482. The highest BCUT2D eigenvalue weighted by molar-refractivity contribution is 6.09. The van der Waals surface area contributed by atoms with Crippen LogP contribution in [0.25, 0.3) is 21.5 Å².